The largest absolute Gasteiger partial charge is 0.444 e. The summed E-state index contributed by atoms with van der Waals surface area (Å²) in [6.07, 6.45) is 1.17. The molecular formula is C21H28FN3O6S. The van der Waals surface area contributed by atoms with Crippen LogP contribution in [0.15, 0.2) is 27.6 Å². The van der Waals surface area contributed by atoms with Gasteiger partial charge in [-0.2, -0.15) is 4.98 Å². The van der Waals surface area contributed by atoms with E-state index >= 15 is 0 Å². The fourth-order valence-electron chi connectivity index (χ4n) is 3.53. The van der Waals surface area contributed by atoms with Gasteiger partial charge in [0.1, 0.15) is 16.3 Å². The zero-order valence-electron chi connectivity index (χ0n) is 18.5. The average Bonchev–Trinajstić information content (AvgIpc) is 3.14. The van der Waals surface area contributed by atoms with E-state index in [0.29, 0.717) is 25.9 Å². The molecule has 0 aliphatic carbocycles. The Labute approximate surface area is 186 Å². The number of hydrogen-bond acceptors (Lipinski definition) is 8. The Hall–Kier alpha value is -2.53. The second kappa shape index (κ2) is 9.14. The first kappa shape index (κ1) is 24.1. The SMILES string of the molecule is CC(C)(C)OC(=O)N1CCC(C(O)Cc2nc(-c3ccc(S(C)(=O)=O)c(F)c3)no2)CC1. The van der Waals surface area contributed by atoms with Gasteiger partial charge in [-0.15, -0.1) is 0 Å². The molecule has 2 heterocycles. The van der Waals surface area contributed by atoms with Crippen molar-refractivity contribution in [3.8, 4) is 11.4 Å². The van der Waals surface area contributed by atoms with Gasteiger partial charge >= 0.3 is 6.09 Å². The summed E-state index contributed by atoms with van der Waals surface area (Å²) in [6.45, 7) is 6.41. The fraction of sp³-hybridized carbons (Fsp3) is 0.571. The third kappa shape index (κ3) is 6.04. The summed E-state index contributed by atoms with van der Waals surface area (Å²) >= 11 is 0. The molecular weight excluding hydrogens is 441 g/mol. The lowest BCUT2D eigenvalue weighted by Gasteiger charge is -2.34. The van der Waals surface area contributed by atoms with Crippen LogP contribution in [0, 0.1) is 11.7 Å². The van der Waals surface area contributed by atoms with Crippen molar-refractivity contribution in [1.82, 2.24) is 15.0 Å². The zero-order valence-corrected chi connectivity index (χ0v) is 19.4. The highest BCUT2D eigenvalue weighted by Crippen LogP contribution is 2.26. The maximum Gasteiger partial charge on any atom is 0.410 e. The minimum atomic E-state index is -3.68. The van der Waals surface area contributed by atoms with Crippen molar-refractivity contribution in [3.63, 3.8) is 0 Å². The number of aliphatic hydroxyl groups is 1. The van der Waals surface area contributed by atoms with Crippen LogP contribution >= 0.6 is 0 Å². The van der Waals surface area contributed by atoms with Crippen molar-refractivity contribution < 1.29 is 32.0 Å². The van der Waals surface area contributed by atoms with Crippen LogP contribution in [0.25, 0.3) is 11.4 Å². The number of rotatable bonds is 5. The third-order valence-corrected chi connectivity index (χ3v) is 6.31. The molecule has 32 heavy (non-hydrogen) atoms. The molecule has 1 aliphatic rings. The molecule has 176 valence electrons. The summed E-state index contributed by atoms with van der Waals surface area (Å²) in [4.78, 5) is 17.6. The maximum absolute atomic E-state index is 14.1. The second-order valence-corrected chi connectivity index (χ2v) is 11.0. The molecule has 1 aromatic carbocycles. The van der Waals surface area contributed by atoms with Crippen LogP contribution in [-0.4, -0.2) is 65.7 Å². The first-order chi connectivity index (χ1) is 14.8. The first-order valence-corrected chi connectivity index (χ1v) is 12.2. The van der Waals surface area contributed by atoms with E-state index in [1.54, 1.807) is 4.90 Å². The Morgan fingerprint density at radius 3 is 2.56 bits per heavy atom. The topological polar surface area (TPSA) is 123 Å². The number of likely N-dealkylation sites (tertiary alicyclic amines) is 1. The molecule has 1 unspecified atom stereocenters. The highest BCUT2D eigenvalue weighted by molar-refractivity contribution is 7.90. The Bertz CT molecular complexity index is 1070. The lowest BCUT2D eigenvalue weighted by Crippen LogP contribution is -2.43. The Balaban J connectivity index is 1.58. The third-order valence-electron chi connectivity index (χ3n) is 5.18. The van der Waals surface area contributed by atoms with Crippen molar-refractivity contribution in [3.05, 3.63) is 29.9 Å². The quantitative estimate of drug-likeness (QED) is 0.709. The van der Waals surface area contributed by atoms with Crippen molar-refractivity contribution in [2.45, 2.75) is 56.6 Å². The normalized spacial score (nSPS) is 16.8. The summed E-state index contributed by atoms with van der Waals surface area (Å²) in [5.41, 5.74) is -0.290. The van der Waals surface area contributed by atoms with Gasteiger partial charge in [0.25, 0.3) is 0 Å². The number of ether oxygens (including phenoxy) is 1. The number of aromatic nitrogens is 2. The number of carbonyl (C=O) groups excluding carboxylic acids is 1. The number of aliphatic hydroxyl groups excluding tert-OH is 1. The average molecular weight is 470 g/mol. The lowest BCUT2D eigenvalue weighted by molar-refractivity contribution is 0.00708. The van der Waals surface area contributed by atoms with E-state index in [0.717, 1.165) is 18.4 Å². The van der Waals surface area contributed by atoms with Gasteiger partial charge in [-0.1, -0.05) is 5.16 Å². The lowest BCUT2D eigenvalue weighted by atomic mass is 9.90. The van der Waals surface area contributed by atoms with Crippen molar-refractivity contribution in [2.75, 3.05) is 19.3 Å². The summed E-state index contributed by atoms with van der Waals surface area (Å²) in [6, 6.07) is 3.59. The van der Waals surface area contributed by atoms with Crippen molar-refractivity contribution in [1.29, 1.82) is 0 Å². The smallest absolute Gasteiger partial charge is 0.410 e. The molecule has 11 heteroatoms. The summed E-state index contributed by atoms with van der Waals surface area (Å²) < 4.78 is 47.8. The molecule has 1 N–H and O–H groups in total. The maximum atomic E-state index is 14.1. The predicted molar refractivity (Wildman–Crippen MR) is 113 cm³/mol. The highest BCUT2D eigenvalue weighted by atomic mass is 32.2. The number of carbonyl (C=O) groups is 1. The molecule has 1 amide bonds. The summed E-state index contributed by atoms with van der Waals surface area (Å²) in [5.74, 6) is -0.649. The van der Waals surface area contributed by atoms with Crippen molar-refractivity contribution >= 4 is 15.9 Å². The van der Waals surface area contributed by atoms with E-state index in [2.05, 4.69) is 10.1 Å². The summed E-state index contributed by atoms with van der Waals surface area (Å²) in [5, 5.41) is 14.4. The molecule has 1 atom stereocenters. The van der Waals surface area contributed by atoms with Gasteiger partial charge < -0.3 is 19.3 Å². The molecule has 0 spiro atoms. The fourth-order valence-corrected chi connectivity index (χ4v) is 4.26. The molecule has 0 bridgehead atoms. The number of hydrogen-bond donors (Lipinski definition) is 1. The number of nitrogens with zero attached hydrogens (tertiary/aromatic N) is 3. The van der Waals surface area contributed by atoms with Gasteiger partial charge in [-0.05, 0) is 57.7 Å². The van der Waals surface area contributed by atoms with Crippen LogP contribution in [-0.2, 0) is 21.0 Å². The molecule has 9 nitrogen and oxygen atoms in total. The van der Waals surface area contributed by atoms with Crippen LogP contribution in [0.4, 0.5) is 9.18 Å². The predicted octanol–water partition coefficient (Wildman–Crippen LogP) is 2.83. The van der Waals surface area contributed by atoms with Gasteiger partial charge in [0.05, 0.1) is 12.5 Å². The molecule has 1 fully saturated rings. The first-order valence-electron chi connectivity index (χ1n) is 10.3. The Morgan fingerprint density at radius 1 is 1.34 bits per heavy atom. The van der Waals surface area contributed by atoms with Crippen LogP contribution in [0.2, 0.25) is 0 Å². The Kier molecular flexibility index (Phi) is 6.89. The molecule has 0 saturated carbocycles. The number of sulfone groups is 1. The van der Waals surface area contributed by atoms with E-state index in [1.165, 1.54) is 6.07 Å². The van der Waals surface area contributed by atoms with Gasteiger partial charge in [-0.25, -0.2) is 17.6 Å². The van der Waals surface area contributed by atoms with Crippen LogP contribution in [0.3, 0.4) is 0 Å². The van der Waals surface area contributed by atoms with E-state index in [4.69, 9.17) is 9.26 Å². The second-order valence-electron chi connectivity index (χ2n) is 9.01. The monoisotopic (exact) mass is 469 g/mol. The Morgan fingerprint density at radius 2 is 2.00 bits per heavy atom. The van der Waals surface area contributed by atoms with Gasteiger partial charge in [0, 0.05) is 24.9 Å². The van der Waals surface area contributed by atoms with E-state index in [1.807, 2.05) is 20.8 Å². The minimum Gasteiger partial charge on any atom is -0.444 e. The number of halogens is 1. The number of benzene rings is 1. The molecule has 1 aromatic heterocycles. The standard InChI is InChI=1S/C21H28FN3O6S/c1-21(2,3)30-20(27)25-9-7-13(8-10-25)16(26)12-18-23-19(24-31-18)14-5-6-17(15(22)11-14)32(4,28)29/h5-6,11,13,16,26H,7-10,12H2,1-4H3. The number of piperidine rings is 1. The van der Waals surface area contributed by atoms with E-state index in [9.17, 15) is 22.7 Å². The molecule has 0 radical (unpaired) electrons. The van der Waals surface area contributed by atoms with E-state index in [-0.39, 0.29) is 35.7 Å². The van der Waals surface area contributed by atoms with Crippen LogP contribution in [0.5, 0.6) is 0 Å². The zero-order chi connectivity index (χ0) is 23.7. The summed E-state index contributed by atoms with van der Waals surface area (Å²) in [7, 11) is -3.68. The van der Waals surface area contributed by atoms with Crippen molar-refractivity contribution in [2.24, 2.45) is 5.92 Å². The van der Waals surface area contributed by atoms with Crippen LogP contribution < -0.4 is 0 Å². The van der Waals surface area contributed by atoms with E-state index < -0.39 is 32.3 Å². The molecule has 1 aliphatic heterocycles. The van der Waals surface area contributed by atoms with Gasteiger partial charge in [0.2, 0.25) is 11.7 Å². The highest BCUT2D eigenvalue weighted by Gasteiger charge is 2.31. The molecule has 3 rings (SSSR count). The van der Waals surface area contributed by atoms with Crippen LogP contribution in [0.1, 0.15) is 39.5 Å². The molecule has 1 saturated heterocycles. The van der Waals surface area contributed by atoms with Gasteiger partial charge in [0.15, 0.2) is 9.84 Å². The van der Waals surface area contributed by atoms with Gasteiger partial charge in [-0.3, -0.25) is 0 Å². The molecule has 2 aromatic rings. The number of amides is 1. The minimum absolute atomic E-state index is 0.0458.